The van der Waals surface area contributed by atoms with Gasteiger partial charge in [0.2, 0.25) is 5.91 Å². The van der Waals surface area contributed by atoms with Crippen LogP contribution in [0.1, 0.15) is 12.5 Å². The SMILES string of the molecule is CC1COc2ccccc2C1(NCCN(C)C)C(N)=O. The van der Waals surface area contributed by atoms with Crippen LogP contribution in [0.15, 0.2) is 24.3 Å². The molecule has 1 aromatic rings. The number of rotatable bonds is 5. The summed E-state index contributed by atoms with van der Waals surface area (Å²) in [5.74, 6) is 0.373. The van der Waals surface area contributed by atoms with Gasteiger partial charge in [-0.05, 0) is 20.2 Å². The molecule has 2 rings (SSSR count). The Morgan fingerprint density at radius 1 is 1.50 bits per heavy atom. The molecular formula is C15H23N3O2. The van der Waals surface area contributed by atoms with Crippen LogP contribution in [0.5, 0.6) is 5.75 Å². The van der Waals surface area contributed by atoms with E-state index in [1.165, 1.54) is 0 Å². The minimum absolute atomic E-state index is 0.0166. The largest absolute Gasteiger partial charge is 0.493 e. The third kappa shape index (κ3) is 2.51. The number of primary amides is 1. The van der Waals surface area contributed by atoms with Gasteiger partial charge in [0, 0.05) is 24.6 Å². The quantitative estimate of drug-likeness (QED) is 0.824. The van der Waals surface area contributed by atoms with Crippen molar-refractivity contribution in [1.82, 2.24) is 10.2 Å². The Balaban J connectivity index is 2.37. The number of likely N-dealkylation sites (N-methyl/N-ethyl adjacent to an activating group) is 1. The minimum atomic E-state index is -0.856. The summed E-state index contributed by atoms with van der Waals surface area (Å²) in [6.45, 7) is 4.00. The lowest BCUT2D eigenvalue weighted by molar-refractivity contribution is -0.128. The fourth-order valence-corrected chi connectivity index (χ4v) is 2.73. The van der Waals surface area contributed by atoms with E-state index < -0.39 is 5.54 Å². The van der Waals surface area contributed by atoms with Crippen molar-refractivity contribution in [2.75, 3.05) is 33.8 Å². The summed E-state index contributed by atoms with van der Waals surface area (Å²) in [7, 11) is 4.00. The van der Waals surface area contributed by atoms with Crippen LogP contribution >= 0.6 is 0 Å². The molecule has 2 unspecified atom stereocenters. The molecular weight excluding hydrogens is 254 g/mol. The third-order valence-electron chi connectivity index (χ3n) is 3.89. The lowest BCUT2D eigenvalue weighted by Gasteiger charge is -2.42. The lowest BCUT2D eigenvalue weighted by Crippen LogP contribution is -2.60. The predicted octanol–water partition coefficient (Wildman–Crippen LogP) is 0.547. The zero-order valence-corrected chi connectivity index (χ0v) is 12.3. The Bertz CT molecular complexity index is 490. The number of amides is 1. The van der Waals surface area contributed by atoms with Gasteiger partial charge in [-0.3, -0.25) is 10.1 Å². The second-order valence-corrected chi connectivity index (χ2v) is 5.61. The van der Waals surface area contributed by atoms with Crippen molar-refractivity contribution >= 4 is 5.91 Å². The summed E-state index contributed by atoms with van der Waals surface area (Å²) in [6, 6.07) is 7.61. The number of benzene rings is 1. The fourth-order valence-electron chi connectivity index (χ4n) is 2.73. The van der Waals surface area contributed by atoms with Gasteiger partial charge in [-0.25, -0.2) is 0 Å². The molecule has 3 N–H and O–H groups in total. The van der Waals surface area contributed by atoms with E-state index in [1.54, 1.807) is 0 Å². The van der Waals surface area contributed by atoms with Crippen LogP contribution < -0.4 is 15.8 Å². The Labute approximate surface area is 120 Å². The standard InChI is InChI=1S/C15H23N3O2/c1-11-10-20-13-7-5-4-6-12(13)15(11,14(16)19)17-8-9-18(2)3/h4-7,11,17H,8-10H2,1-3H3,(H2,16,19). The summed E-state index contributed by atoms with van der Waals surface area (Å²) in [5.41, 5.74) is 5.74. The summed E-state index contributed by atoms with van der Waals surface area (Å²) >= 11 is 0. The van der Waals surface area contributed by atoms with E-state index in [0.717, 1.165) is 17.9 Å². The van der Waals surface area contributed by atoms with Gasteiger partial charge in [-0.2, -0.15) is 0 Å². The fraction of sp³-hybridized carbons (Fsp3) is 0.533. The molecule has 5 heteroatoms. The molecule has 110 valence electrons. The van der Waals surface area contributed by atoms with Crippen molar-refractivity contribution in [3.63, 3.8) is 0 Å². The van der Waals surface area contributed by atoms with Gasteiger partial charge in [-0.1, -0.05) is 25.1 Å². The lowest BCUT2D eigenvalue weighted by atomic mass is 9.76. The number of fused-ring (bicyclic) bond motifs is 1. The highest BCUT2D eigenvalue weighted by Gasteiger charge is 2.47. The molecule has 1 amide bonds. The van der Waals surface area contributed by atoms with Crippen molar-refractivity contribution in [2.45, 2.75) is 12.5 Å². The number of carbonyl (C=O) groups excluding carboxylic acids is 1. The first-order valence-electron chi connectivity index (χ1n) is 6.90. The number of carbonyl (C=O) groups is 1. The van der Waals surface area contributed by atoms with E-state index in [9.17, 15) is 4.79 Å². The minimum Gasteiger partial charge on any atom is -0.493 e. The van der Waals surface area contributed by atoms with Crippen LogP contribution in [0.25, 0.3) is 0 Å². The van der Waals surface area contributed by atoms with E-state index in [0.29, 0.717) is 13.2 Å². The van der Waals surface area contributed by atoms with Crippen LogP contribution in [-0.4, -0.2) is 44.6 Å². The third-order valence-corrected chi connectivity index (χ3v) is 3.89. The van der Waals surface area contributed by atoms with E-state index in [1.807, 2.05) is 45.3 Å². The molecule has 5 nitrogen and oxygen atoms in total. The first-order valence-corrected chi connectivity index (χ1v) is 6.90. The first kappa shape index (κ1) is 14.8. The van der Waals surface area contributed by atoms with Crippen molar-refractivity contribution in [3.05, 3.63) is 29.8 Å². The van der Waals surface area contributed by atoms with Gasteiger partial charge in [0.1, 0.15) is 11.3 Å². The number of nitrogens with zero attached hydrogens (tertiary/aromatic N) is 1. The van der Waals surface area contributed by atoms with Gasteiger partial charge in [-0.15, -0.1) is 0 Å². The van der Waals surface area contributed by atoms with Gasteiger partial charge in [0.25, 0.3) is 0 Å². The molecule has 1 aromatic carbocycles. The number of ether oxygens (including phenoxy) is 1. The maximum atomic E-state index is 12.2. The summed E-state index contributed by atoms with van der Waals surface area (Å²) < 4.78 is 5.71. The zero-order valence-electron chi connectivity index (χ0n) is 12.3. The monoisotopic (exact) mass is 277 g/mol. The Kier molecular flexibility index (Phi) is 4.30. The van der Waals surface area contributed by atoms with E-state index in [4.69, 9.17) is 10.5 Å². The molecule has 0 radical (unpaired) electrons. The molecule has 0 aliphatic carbocycles. The average Bonchev–Trinajstić information content (AvgIpc) is 2.40. The summed E-state index contributed by atoms with van der Waals surface area (Å²) in [5, 5.41) is 3.38. The van der Waals surface area contributed by atoms with Gasteiger partial charge in [0.15, 0.2) is 0 Å². The molecule has 0 spiro atoms. The average molecular weight is 277 g/mol. The predicted molar refractivity (Wildman–Crippen MR) is 78.5 cm³/mol. The summed E-state index contributed by atoms with van der Waals surface area (Å²) in [4.78, 5) is 14.3. The van der Waals surface area contributed by atoms with Gasteiger partial charge >= 0.3 is 0 Å². The Morgan fingerprint density at radius 3 is 2.85 bits per heavy atom. The number of nitrogens with two attached hydrogens (primary N) is 1. The normalized spacial score (nSPS) is 25.1. The highest BCUT2D eigenvalue weighted by atomic mass is 16.5. The van der Waals surface area contributed by atoms with E-state index in [2.05, 4.69) is 10.2 Å². The summed E-state index contributed by atoms with van der Waals surface area (Å²) in [6.07, 6.45) is 0. The van der Waals surface area contributed by atoms with Crippen molar-refractivity contribution < 1.29 is 9.53 Å². The van der Waals surface area contributed by atoms with Crippen LogP contribution in [0.2, 0.25) is 0 Å². The molecule has 1 heterocycles. The van der Waals surface area contributed by atoms with Crippen LogP contribution in [0, 0.1) is 5.92 Å². The molecule has 0 aromatic heterocycles. The van der Waals surface area contributed by atoms with E-state index in [-0.39, 0.29) is 11.8 Å². The molecule has 0 saturated heterocycles. The van der Waals surface area contributed by atoms with Crippen molar-refractivity contribution in [3.8, 4) is 5.75 Å². The zero-order chi connectivity index (χ0) is 14.8. The molecule has 0 bridgehead atoms. The van der Waals surface area contributed by atoms with Crippen LogP contribution in [0.4, 0.5) is 0 Å². The van der Waals surface area contributed by atoms with Crippen LogP contribution in [0.3, 0.4) is 0 Å². The van der Waals surface area contributed by atoms with Gasteiger partial charge < -0.3 is 15.4 Å². The number of hydrogen-bond acceptors (Lipinski definition) is 4. The molecule has 1 aliphatic heterocycles. The molecule has 2 atom stereocenters. The second-order valence-electron chi connectivity index (χ2n) is 5.61. The molecule has 20 heavy (non-hydrogen) atoms. The number of hydrogen-bond donors (Lipinski definition) is 2. The first-order chi connectivity index (χ1) is 9.48. The highest BCUT2D eigenvalue weighted by molar-refractivity contribution is 5.88. The van der Waals surface area contributed by atoms with Crippen molar-refractivity contribution in [2.24, 2.45) is 11.7 Å². The number of nitrogens with one attached hydrogen (secondary N) is 1. The molecule has 1 aliphatic rings. The van der Waals surface area contributed by atoms with Gasteiger partial charge in [0.05, 0.1) is 6.61 Å². The Morgan fingerprint density at radius 2 is 2.20 bits per heavy atom. The number of para-hydroxylation sites is 1. The maximum Gasteiger partial charge on any atom is 0.242 e. The maximum absolute atomic E-state index is 12.2. The van der Waals surface area contributed by atoms with Crippen LogP contribution in [-0.2, 0) is 10.3 Å². The van der Waals surface area contributed by atoms with E-state index >= 15 is 0 Å². The smallest absolute Gasteiger partial charge is 0.242 e. The highest BCUT2D eigenvalue weighted by Crippen LogP contribution is 2.40. The Hall–Kier alpha value is -1.59. The topological polar surface area (TPSA) is 67.6 Å². The van der Waals surface area contributed by atoms with Crippen molar-refractivity contribution in [1.29, 1.82) is 0 Å². The second kappa shape index (κ2) is 5.81. The molecule has 0 saturated carbocycles. The molecule has 0 fully saturated rings.